The van der Waals surface area contributed by atoms with Gasteiger partial charge in [-0.25, -0.2) is 14.3 Å². The van der Waals surface area contributed by atoms with E-state index in [9.17, 15) is 9.59 Å². The molecule has 1 aromatic carbocycles. The van der Waals surface area contributed by atoms with E-state index in [4.69, 9.17) is 14.0 Å². The summed E-state index contributed by atoms with van der Waals surface area (Å²) in [6.07, 6.45) is 1.66. The van der Waals surface area contributed by atoms with Gasteiger partial charge in [-0.15, -0.1) is 0 Å². The Labute approximate surface area is 187 Å². The molecule has 9 heteroatoms. The number of imidazole rings is 1. The number of para-hydroxylation sites is 1. The van der Waals surface area contributed by atoms with Crippen LogP contribution in [0.15, 0.2) is 41.3 Å². The summed E-state index contributed by atoms with van der Waals surface area (Å²) in [4.78, 5) is 30.0. The van der Waals surface area contributed by atoms with Crippen LogP contribution in [0.4, 0.5) is 0 Å². The Kier molecular flexibility index (Phi) is 5.50. The Bertz CT molecular complexity index is 1210. The quantitative estimate of drug-likeness (QED) is 0.450. The molecule has 0 atom stereocenters. The van der Waals surface area contributed by atoms with Crippen LogP contribution in [0, 0.1) is 6.92 Å². The zero-order valence-electron chi connectivity index (χ0n) is 19.3. The van der Waals surface area contributed by atoms with Crippen molar-refractivity contribution in [1.82, 2.24) is 14.1 Å². The van der Waals surface area contributed by atoms with Gasteiger partial charge in [0.1, 0.15) is 12.4 Å². The second-order valence-corrected chi connectivity index (χ2v) is 8.99. The minimum atomic E-state index is -0.537. The molecule has 0 aliphatic carbocycles. The average Bonchev–Trinajstić information content (AvgIpc) is 3.12. The Morgan fingerprint density at radius 1 is 1.12 bits per heavy atom. The number of hydrogen-bond donors (Lipinski definition) is 0. The van der Waals surface area contributed by atoms with E-state index in [-0.39, 0.29) is 18.8 Å². The van der Waals surface area contributed by atoms with Gasteiger partial charge < -0.3 is 14.0 Å². The normalized spacial score (nSPS) is 17.1. The summed E-state index contributed by atoms with van der Waals surface area (Å²) >= 11 is 0. The van der Waals surface area contributed by atoms with Gasteiger partial charge in [0, 0.05) is 11.7 Å². The van der Waals surface area contributed by atoms with Crippen LogP contribution in [0.1, 0.15) is 40.2 Å². The predicted octanol–water partition coefficient (Wildman–Crippen LogP) is 2.36. The number of rotatable bonds is 5. The molecule has 1 fully saturated rings. The number of ether oxygens (including phenoxy) is 1. The summed E-state index contributed by atoms with van der Waals surface area (Å²) in [6, 6.07) is 9.22. The van der Waals surface area contributed by atoms with Crippen LogP contribution in [0.2, 0.25) is 0 Å². The number of hydrogen-bond acceptors (Lipinski definition) is 6. The lowest BCUT2D eigenvalue weighted by Gasteiger charge is -2.32. The van der Waals surface area contributed by atoms with Crippen molar-refractivity contribution in [1.29, 1.82) is 0 Å². The molecule has 0 amide bonds. The Balaban J connectivity index is 1.75. The second kappa shape index (κ2) is 7.90. The van der Waals surface area contributed by atoms with Gasteiger partial charge in [0.15, 0.2) is 0 Å². The predicted molar refractivity (Wildman–Crippen MR) is 122 cm³/mol. The average molecular weight is 437 g/mol. The third-order valence-electron chi connectivity index (χ3n) is 6.27. The van der Waals surface area contributed by atoms with Gasteiger partial charge >= 0.3 is 18.8 Å². The van der Waals surface area contributed by atoms with E-state index in [2.05, 4.69) is 4.98 Å². The van der Waals surface area contributed by atoms with E-state index in [1.54, 1.807) is 19.2 Å². The van der Waals surface area contributed by atoms with Gasteiger partial charge in [0.2, 0.25) is 0 Å². The molecule has 3 heterocycles. The minimum Gasteiger partial charge on any atom is -0.465 e. The molecule has 1 aliphatic rings. The zero-order valence-corrected chi connectivity index (χ0v) is 19.3. The first-order valence-corrected chi connectivity index (χ1v) is 10.7. The van der Waals surface area contributed by atoms with Crippen molar-refractivity contribution in [3.05, 3.63) is 52.6 Å². The maximum absolute atomic E-state index is 13.3. The molecule has 32 heavy (non-hydrogen) atoms. The largest absolute Gasteiger partial charge is 0.496 e. The molecule has 168 valence electrons. The number of aryl methyl sites for hydroxylation is 1. The highest BCUT2D eigenvalue weighted by Gasteiger charge is 2.51. The molecule has 1 aliphatic heterocycles. The lowest BCUT2D eigenvalue weighted by Crippen LogP contribution is -2.41. The molecule has 0 bridgehead atoms. The highest BCUT2D eigenvalue weighted by molar-refractivity contribution is 6.62. The van der Waals surface area contributed by atoms with Crippen molar-refractivity contribution in [2.24, 2.45) is 0 Å². The van der Waals surface area contributed by atoms with Crippen LogP contribution in [0.25, 0.3) is 16.9 Å². The smallest absolute Gasteiger partial charge is 0.465 e. The number of fused-ring (bicyclic) bond motifs is 1. The van der Waals surface area contributed by atoms with E-state index in [0.717, 1.165) is 11.0 Å². The molecule has 0 saturated carbocycles. The fraction of sp³-hybridized carbons (Fsp3) is 0.435. The Morgan fingerprint density at radius 2 is 1.81 bits per heavy atom. The van der Waals surface area contributed by atoms with Gasteiger partial charge in [-0.05, 0) is 59.2 Å². The zero-order chi connectivity index (χ0) is 23.3. The maximum Gasteiger partial charge on any atom is 0.496 e. The van der Waals surface area contributed by atoms with Gasteiger partial charge in [-0.3, -0.25) is 9.36 Å². The summed E-state index contributed by atoms with van der Waals surface area (Å²) in [5, 5.41) is 0. The molecule has 0 radical (unpaired) electrons. The molecule has 2 aromatic heterocycles. The standard InChI is InChI=1S/C23H28BN3O5/c1-7-30-19(28)14-26-17-10-8-9-15(2)20(17)27(21(26)29)18-12-11-16(13-25-18)24-31-22(3,4)23(5,6)32-24/h8-13H,7,14H2,1-6H3. The van der Waals surface area contributed by atoms with E-state index < -0.39 is 24.3 Å². The number of nitrogens with zero attached hydrogens (tertiary/aromatic N) is 3. The summed E-state index contributed by atoms with van der Waals surface area (Å²) in [5.74, 6) is -0.00333. The topological polar surface area (TPSA) is 84.6 Å². The number of aromatic nitrogens is 3. The summed E-state index contributed by atoms with van der Waals surface area (Å²) in [6.45, 7) is 11.7. The first kappa shape index (κ1) is 22.3. The first-order chi connectivity index (χ1) is 15.1. The fourth-order valence-corrected chi connectivity index (χ4v) is 3.82. The third kappa shape index (κ3) is 3.65. The molecule has 4 rings (SSSR count). The van der Waals surface area contributed by atoms with Crippen molar-refractivity contribution < 1.29 is 18.8 Å². The van der Waals surface area contributed by atoms with Gasteiger partial charge in [-0.2, -0.15) is 0 Å². The van der Waals surface area contributed by atoms with Crippen molar-refractivity contribution in [3.8, 4) is 5.82 Å². The number of esters is 1. The van der Waals surface area contributed by atoms with Crippen LogP contribution in [-0.2, 0) is 25.4 Å². The third-order valence-corrected chi connectivity index (χ3v) is 6.27. The monoisotopic (exact) mass is 437 g/mol. The van der Waals surface area contributed by atoms with E-state index in [0.29, 0.717) is 16.9 Å². The lowest BCUT2D eigenvalue weighted by atomic mass is 9.80. The second-order valence-electron chi connectivity index (χ2n) is 8.99. The van der Waals surface area contributed by atoms with Gasteiger partial charge in [-0.1, -0.05) is 18.2 Å². The summed E-state index contributed by atoms with van der Waals surface area (Å²) < 4.78 is 20.2. The SMILES string of the molecule is CCOC(=O)Cn1c(=O)n(-c2ccc(B3OC(C)(C)C(C)(C)O3)cn2)c2c(C)cccc21. The minimum absolute atomic E-state index is 0.161. The maximum atomic E-state index is 13.3. The molecule has 0 spiro atoms. The molecule has 0 N–H and O–H groups in total. The van der Waals surface area contributed by atoms with E-state index >= 15 is 0 Å². The number of benzene rings is 1. The van der Waals surface area contributed by atoms with Crippen LogP contribution < -0.4 is 11.2 Å². The van der Waals surface area contributed by atoms with Crippen molar-refractivity contribution in [3.63, 3.8) is 0 Å². The Hall–Kier alpha value is -2.91. The fourth-order valence-electron chi connectivity index (χ4n) is 3.82. The van der Waals surface area contributed by atoms with Crippen LogP contribution in [0.5, 0.6) is 0 Å². The van der Waals surface area contributed by atoms with Crippen molar-refractivity contribution in [2.75, 3.05) is 6.61 Å². The van der Waals surface area contributed by atoms with Crippen molar-refractivity contribution in [2.45, 2.75) is 59.3 Å². The molecular formula is C23H28BN3O5. The molecule has 0 unspecified atom stereocenters. The first-order valence-electron chi connectivity index (χ1n) is 10.7. The lowest BCUT2D eigenvalue weighted by molar-refractivity contribution is -0.143. The van der Waals surface area contributed by atoms with E-state index in [1.807, 2.05) is 58.9 Å². The summed E-state index contributed by atoms with van der Waals surface area (Å²) in [5.41, 5.74) is 1.78. The molecule has 8 nitrogen and oxygen atoms in total. The van der Waals surface area contributed by atoms with Crippen LogP contribution in [0.3, 0.4) is 0 Å². The number of carbonyl (C=O) groups excluding carboxylic acids is 1. The molecular weight excluding hydrogens is 409 g/mol. The molecule has 1 saturated heterocycles. The highest BCUT2D eigenvalue weighted by Crippen LogP contribution is 2.36. The van der Waals surface area contributed by atoms with Gasteiger partial charge in [0.25, 0.3) is 0 Å². The summed E-state index contributed by atoms with van der Waals surface area (Å²) in [7, 11) is -0.537. The number of carbonyl (C=O) groups is 1. The van der Waals surface area contributed by atoms with E-state index in [1.165, 1.54) is 9.13 Å². The molecule has 3 aromatic rings. The van der Waals surface area contributed by atoms with Crippen LogP contribution in [-0.4, -0.2) is 45.0 Å². The highest BCUT2D eigenvalue weighted by atomic mass is 16.7. The van der Waals surface area contributed by atoms with Crippen molar-refractivity contribution >= 4 is 29.6 Å². The number of pyridine rings is 1. The Morgan fingerprint density at radius 3 is 2.41 bits per heavy atom. The van der Waals surface area contributed by atoms with Crippen LogP contribution >= 0.6 is 0 Å². The van der Waals surface area contributed by atoms with Gasteiger partial charge in [0.05, 0.1) is 28.8 Å².